The molecule has 0 aromatic carbocycles. The van der Waals surface area contributed by atoms with Gasteiger partial charge in [0.2, 0.25) is 0 Å². The van der Waals surface area contributed by atoms with E-state index in [4.69, 9.17) is 9.47 Å². The summed E-state index contributed by atoms with van der Waals surface area (Å²) < 4.78 is 10.8. The molecule has 2 aliphatic carbocycles. The Hall–Kier alpha value is -2.96. The van der Waals surface area contributed by atoms with Crippen molar-refractivity contribution in [3.63, 3.8) is 0 Å². The van der Waals surface area contributed by atoms with Crippen LogP contribution in [0.3, 0.4) is 0 Å². The maximum Gasteiger partial charge on any atom is 0.339 e. The number of carbonyl (C=O) groups is 2. The van der Waals surface area contributed by atoms with Gasteiger partial charge in [0.25, 0.3) is 0 Å². The van der Waals surface area contributed by atoms with E-state index in [0.717, 1.165) is 14.6 Å². The number of carbonyl (C=O) groups excluding carboxylic acids is 2. The molecule has 2 aliphatic rings. The van der Waals surface area contributed by atoms with Gasteiger partial charge in [-0.1, -0.05) is 36.4 Å². The molecule has 0 saturated heterocycles. The highest BCUT2D eigenvalue weighted by molar-refractivity contribution is 7.23. The van der Waals surface area contributed by atoms with Crippen molar-refractivity contribution in [2.24, 2.45) is 0 Å². The Morgan fingerprint density at radius 1 is 0.733 bits per heavy atom. The lowest BCUT2D eigenvalue weighted by Gasteiger charge is -2.06. The van der Waals surface area contributed by atoms with E-state index in [1.165, 1.54) is 0 Å². The molecular formula is C24H20O4S2. The molecule has 0 atom stereocenters. The standard InChI is InChI=1S/C24H20O4S2/c1-3-27-23(25)20-15-9-6-5-7-10-16(15)21(24(26)28-4-2)22(20)19-13-12-18(30-19)17-11-8-14-29-17/h5-14H,3-4H2,1-2H3. The zero-order valence-electron chi connectivity index (χ0n) is 16.6. The van der Waals surface area contributed by atoms with Crippen molar-refractivity contribution < 1.29 is 19.1 Å². The third-order valence-corrected chi connectivity index (χ3v) is 6.82. The Bertz CT molecular complexity index is 1110. The van der Waals surface area contributed by atoms with Crippen LogP contribution >= 0.6 is 22.7 Å². The van der Waals surface area contributed by atoms with E-state index in [1.54, 1.807) is 36.5 Å². The van der Waals surface area contributed by atoms with Crippen molar-refractivity contribution in [3.8, 4) is 31.3 Å². The van der Waals surface area contributed by atoms with E-state index >= 15 is 0 Å². The third kappa shape index (κ3) is 3.64. The van der Waals surface area contributed by atoms with E-state index in [2.05, 4.69) is 6.07 Å². The van der Waals surface area contributed by atoms with Gasteiger partial charge in [0, 0.05) is 20.2 Å². The van der Waals surface area contributed by atoms with Crippen molar-refractivity contribution in [1.82, 2.24) is 0 Å². The summed E-state index contributed by atoms with van der Waals surface area (Å²) in [6, 6.07) is 17.3. The summed E-state index contributed by atoms with van der Waals surface area (Å²) in [5.41, 5.74) is 2.77. The first kappa shape index (κ1) is 20.3. The summed E-state index contributed by atoms with van der Waals surface area (Å²) in [5.74, 6) is -0.879. The van der Waals surface area contributed by atoms with E-state index in [-0.39, 0.29) is 13.2 Å². The van der Waals surface area contributed by atoms with Gasteiger partial charge in [0.15, 0.2) is 0 Å². The fraction of sp³-hybridized carbons (Fsp3) is 0.167. The minimum atomic E-state index is -0.440. The molecule has 0 amide bonds. The predicted octanol–water partition coefficient (Wildman–Crippen LogP) is 6.60. The summed E-state index contributed by atoms with van der Waals surface area (Å²) in [6.45, 7) is 4.05. The largest absolute Gasteiger partial charge is 0.462 e. The Balaban J connectivity index is 2.01. The molecule has 30 heavy (non-hydrogen) atoms. The quantitative estimate of drug-likeness (QED) is 0.320. The first-order chi connectivity index (χ1) is 14.7. The Morgan fingerprint density at radius 2 is 1.33 bits per heavy atom. The van der Waals surface area contributed by atoms with Crippen LogP contribution in [0.1, 0.15) is 34.6 Å². The highest BCUT2D eigenvalue weighted by Gasteiger charge is 2.33. The van der Waals surface area contributed by atoms with Crippen molar-refractivity contribution in [2.75, 3.05) is 13.2 Å². The average molecular weight is 437 g/mol. The lowest BCUT2D eigenvalue weighted by Crippen LogP contribution is -2.08. The molecule has 0 N–H and O–H groups in total. The number of esters is 2. The number of hydrogen-bond acceptors (Lipinski definition) is 6. The van der Waals surface area contributed by atoms with Crippen LogP contribution in [0.5, 0.6) is 0 Å². The molecule has 0 fully saturated rings. The molecular weight excluding hydrogens is 416 g/mol. The van der Waals surface area contributed by atoms with Crippen LogP contribution in [0.15, 0.2) is 60.0 Å². The van der Waals surface area contributed by atoms with Crippen LogP contribution in [0.4, 0.5) is 0 Å². The van der Waals surface area contributed by atoms with E-state index < -0.39 is 11.9 Å². The van der Waals surface area contributed by atoms with Gasteiger partial charge in [-0.05, 0) is 48.6 Å². The normalized spacial score (nSPS) is 10.9. The van der Waals surface area contributed by atoms with Crippen molar-refractivity contribution in [1.29, 1.82) is 0 Å². The molecule has 6 heteroatoms. The van der Waals surface area contributed by atoms with Crippen LogP contribution < -0.4 is 0 Å². The highest BCUT2D eigenvalue weighted by atomic mass is 32.1. The maximum atomic E-state index is 13.0. The number of hydrogen-bond donors (Lipinski definition) is 0. The van der Waals surface area contributed by atoms with Crippen LogP contribution in [-0.2, 0) is 9.47 Å². The summed E-state index contributed by atoms with van der Waals surface area (Å²) >= 11 is 3.20. The minimum absolute atomic E-state index is 0.254. The van der Waals surface area contributed by atoms with Crippen LogP contribution in [0, 0.1) is 0 Å². The third-order valence-electron chi connectivity index (χ3n) is 4.65. The monoisotopic (exact) mass is 436 g/mol. The zero-order valence-corrected chi connectivity index (χ0v) is 18.3. The van der Waals surface area contributed by atoms with Crippen molar-refractivity contribution >= 4 is 34.6 Å². The van der Waals surface area contributed by atoms with Crippen molar-refractivity contribution in [2.45, 2.75) is 13.8 Å². The van der Waals surface area contributed by atoms with Gasteiger partial charge in [-0.15, -0.1) is 22.7 Å². The molecule has 0 saturated carbocycles. The zero-order chi connectivity index (χ0) is 21.1. The molecule has 2 aromatic heterocycles. The Kier molecular flexibility index (Phi) is 5.97. The molecule has 0 aliphatic heterocycles. The second-order valence-electron chi connectivity index (χ2n) is 6.45. The van der Waals surface area contributed by atoms with E-state index in [9.17, 15) is 9.59 Å². The lowest BCUT2D eigenvalue weighted by molar-refractivity contribution is 0.0525. The fourth-order valence-electron chi connectivity index (χ4n) is 3.48. The first-order valence-corrected chi connectivity index (χ1v) is 11.4. The topological polar surface area (TPSA) is 52.6 Å². The van der Waals surface area contributed by atoms with Crippen LogP contribution in [0.25, 0.3) is 31.3 Å². The molecule has 0 radical (unpaired) electrons. The summed E-state index contributed by atoms with van der Waals surface area (Å²) in [6.07, 6.45) is 0. The van der Waals surface area contributed by atoms with Gasteiger partial charge in [-0.3, -0.25) is 0 Å². The maximum absolute atomic E-state index is 13.0. The second-order valence-corrected chi connectivity index (χ2v) is 8.48. The Labute approximate surface area is 183 Å². The van der Waals surface area contributed by atoms with Crippen LogP contribution in [0.2, 0.25) is 0 Å². The highest BCUT2D eigenvalue weighted by Crippen LogP contribution is 2.46. The van der Waals surface area contributed by atoms with Crippen molar-refractivity contribution in [3.05, 3.63) is 71.1 Å². The van der Waals surface area contributed by atoms with Crippen LogP contribution in [-0.4, -0.2) is 25.2 Å². The molecule has 0 spiro atoms. The summed E-state index contributed by atoms with van der Waals surface area (Å²) in [5, 5.41) is 2.03. The van der Waals surface area contributed by atoms with Gasteiger partial charge in [0.1, 0.15) is 0 Å². The van der Waals surface area contributed by atoms with E-state index in [1.807, 2.05) is 53.9 Å². The number of rotatable bonds is 6. The molecule has 0 unspecified atom stereocenters. The molecule has 4 rings (SSSR count). The predicted molar refractivity (Wildman–Crippen MR) is 122 cm³/mol. The molecule has 2 heterocycles. The van der Waals surface area contributed by atoms with Gasteiger partial charge in [0.05, 0.1) is 24.3 Å². The molecule has 2 aromatic rings. The van der Waals surface area contributed by atoms with Gasteiger partial charge in [-0.2, -0.15) is 0 Å². The summed E-state index contributed by atoms with van der Waals surface area (Å²) in [4.78, 5) is 29.1. The smallest absolute Gasteiger partial charge is 0.339 e. The van der Waals surface area contributed by atoms with Gasteiger partial charge in [-0.25, -0.2) is 9.59 Å². The molecule has 152 valence electrons. The molecule has 4 nitrogen and oxygen atoms in total. The summed E-state index contributed by atoms with van der Waals surface area (Å²) in [7, 11) is 0. The lowest BCUT2D eigenvalue weighted by atomic mass is 10.1. The van der Waals surface area contributed by atoms with Gasteiger partial charge >= 0.3 is 11.9 Å². The number of ether oxygens (including phenoxy) is 2. The Morgan fingerprint density at radius 3 is 1.87 bits per heavy atom. The number of fused-ring (bicyclic) bond motifs is 1. The van der Waals surface area contributed by atoms with E-state index in [0.29, 0.717) is 27.8 Å². The minimum Gasteiger partial charge on any atom is -0.462 e. The first-order valence-electron chi connectivity index (χ1n) is 9.68. The average Bonchev–Trinajstić information content (AvgIpc) is 3.44. The fourth-order valence-corrected chi connectivity index (χ4v) is 5.38. The van der Waals surface area contributed by atoms with Gasteiger partial charge < -0.3 is 9.47 Å². The number of thiophene rings is 2. The second kappa shape index (κ2) is 8.81. The molecule has 0 bridgehead atoms. The SMILES string of the molecule is CCOC(=O)c1c2cccccc-2c(C(=O)OCC)c1-c1ccc(-c2cccs2)s1.